The average molecular weight is 437 g/mol. The van der Waals surface area contributed by atoms with E-state index in [2.05, 4.69) is 37.2 Å². The SMILES string of the molecule is COc1c(Br)cc(Cl)cc1NC(=O)c1c(F)cccc1Br. The Morgan fingerprint density at radius 3 is 2.62 bits per heavy atom. The van der Waals surface area contributed by atoms with Crippen LogP contribution in [0.3, 0.4) is 0 Å². The van der Waals surface area contributed by atoms with Gasteiger partial charge in [-0.2, -0.15) is 0 Å². The minimum atomic E-state index is -0.623. The molecule has 110 valence electrons. The standard InChI is InChI=1S/C14H9Br2ClFNO2/c1-21-13-9(16)5-7(17)6-11(13)19-14(20)12-8(15)3-2-4-10(12)18/h2-6H,1H3,(H,19,20). The van der Waals surface area contributed by atoms with Gasteiger partial charge >= 0.3 is 0 Å². The summed E-state index contributed by atoms with van der Waals surface area (Å²) in [5, 5.41) is 3.00. The summed E-state index contributed by atoms with van der Waals surface area (Å²) in [5.74, 6) is -0.824. The van der Waals surface area contributed by atoms with E-state index in [4.69, 9.17) is 16.3 Å². The normalized spacial score (nSPS) is 10.3. The van der Waals surface area contributed by atoms with Crippen LogP contribution in [0.4, 0.5) is 10.1 Å². The Kier molecular flexibility index (Phi) is 5.24. The van der Waals surface area contributed by atoms with Crippen LogP contribution in [0.15, 0.2) is 39.3 Å². The van der Waals surface area contributed by atoms with Gasteiger partial charge in [0.1, 0.15) is 5.82 Å². The van der Waals surface area contributed by atoms with Gasteiger partial charge in [-0.05, 0) is 56.1 Å². The molecule has 0 unspecified atom stereocenters. The zero-order valence-corrected chi connectivity index (χ0v) is 14.6. The number of anilines is 1. The molecular weight excluding hydrogens is 428 g/mol. The molecule has 2 aromatic rings. The zero-order chi connectivity index (χ0) is 15.6. The lowest BCUT2D eigenvalue weighted by atomic mass is 10.2. The van der Waals surface area contributed by atoms with Crippen molar-refractivity contribution in [2.75, 3.05) is 12.4 Å². The molecule has 21 heavy (non-hydrogen) atoms. The van der Waals surface area contributed by atoms with Crippen LogP contribution in [0.25, 0.3) is 0 Å². The van der Waals surface area contributed by atoms with Gasteiger partial charge in [-0.25, -0.2) is 4.39 Å². The molecule has 0 fully saturated rings. The molecule has 2 rings (SSSR count). The third kappa shape index (κ3) is 3.56. The Labute approximate surface area is 142 Å². The van der Waals surface area contributed by atoms with E-state index in [-0.39, 0.29) is 5.56 Å². The fourth-order valence-electron chi connectivity index (χ4n) is 1.76. The smallest absolute Gasteiger partial charge is 0.259 e. The third-order valence-corrected chi connectivity index (χ3v) is 4.12. The lowest BCUT2D eigenvalue weighted by Gasteiger charge is -2.13. The molecule has 0 bridgehead atoms. The highest BCUT2D eigenvalue weighted by atomic mass is 79.9. The summed E-state index contributed by atoms with van der Waals surface area (Å²) >= 11 is 12.4. The molecule has 0 aliphatic heterocycles. The molecule has 1 amide bonds. The molecule has 0 atom stereocenters. The molecule has 1 N–H and O–H groups in total. The zero-order valence-electron chi connectivity index (χ0n) is 10.7. The fourth-order valence-corrected chi connectivity index (χ4v) is 3.25. The van der Waals surface area contributed by atoms with E-state index in [9.17, 15) is 9.18 Å². The van der Waals surface area contributed by atoms with E-state index in [1.165, 1.54) is 25.3 Å². The summed E-state index contributed by atoms with van der Waals surface area (Å²) in [6.07, 6.45) is 0. The molecule has 0 aromatic heterocycles. The fraction of sp³-hybridized carbons (Fsp3) is 0.0714. The maximum Gasteiger partial charge on any atom is 0.259 e. The van der Waals surface area contributed by atoms with Crippen LogP contribution in [-0.2, 0) is 0 Å². The third-order valence-electron chi connectivity index (χ3n) is 2.65. The van der Waals surface area contributed by atoms with Gasteiger partial charge in [0.15, 0.2) is 5.75 Å². The van der Waals surface area contributed by atoms with Crippen LogP contribution < -0.4 is 10.1 Å². The maximum atomic E-state index is 13.8. The lowest BCUT2D eigenvalue weighted by molar-refractivity contribution is 0.102. The number of nitrogens with one attached hydrogen (secondary N) is 1. The van der Waals surface area contributed by atoms with Gasteiger partial charge in [-0.15, -0.1) is 0 Å². The number of methoxy groups -OCH3 is 1. The highest BCUT2D eigenvalue weighted by molar-refractivity contribution is 9.10. The number of carbonyl (C=O) groups excluding carboxylic acids is 1. The minimum Gasteiger partial charge on any atom is -0.493 e. The van der Waals surface area contributed by atoms with Crippen LogP contribution in [0.5, 0.6) is 5.75 Å². The van der Waals surface area contributed by atoms with Crippen LogP contribution in [0.2, 0.25) is 5.02 Å². The number of hydrogen-bond donors (Lipinski definition) is 1. The molecule has 0 saturated heterocycles. The topological polar surface area (TPSA) is 38.3 Å². The van der Waals surface area contributed by atoms with Crippen molar-refractivity contribution in [3.63, 3.8) is 0 Å². The maximum absolute atomic E-state index is 13.8. The van der Waals surface area contributed by atoms with Crippen molar-refractivity contribution in [3.05, 3.63) is 55.7 Å². The Bertz CT molecular complexity index is 689. The molecule has 0 aliphatic rings. The highest BCUT2D eigenvalue weighted by Crippen LogP contribution is 2.36. The first-order chi connectivity index (χ1) is 9.93. The molecular formula is C14H9Br2ClFNO2. The summed E-state index contributed by atoms with van der Waals surface area (Å²) in [7, 11) is 1.46. The number of carbonyl (C=O) groups is 1. The Morgan fingerprint density at radius 1 is 1.29 bits per heavy atom. The van der Waals surface area contributed by atoms with Gasteiger partial charge in [-0.1, -0.05) is 17.7 Å². The summed E-state index contributed by atoms with van der Waals surface area (Å²) < 4.78 is 19.9. The Morgan fingerprint density at radius 2 is 2.00 bits per heavy atom. The molecule has 3 nitrogen and oxygen atoms in total. The van der Waals surface area contributed by atoms with E-state index >= 15 is 0 Å². The Hall–Kier alpha value is -1.11. The molecule has 0 radical (unpaired) electrons. The number of ether oxygens (including phenoxy) is 1. The second-order valence-electron chi connectivity index (χ2n) is 4.02. The van der Waals surface area contributed by atoms with Crippen LogP contribution in [0, 0.1) is 5.82 Å². The molecule has 0 spiro atoms. The first kappa shape index (κ1) is 16.3. The van der Waals surface area contributed by atoms with Crippen molar-refractivity contribution < 1.29 is 13.9 Å². The average Bonchev–Trinajstić information content (AvgIpc) is 2.37. The summed E-state index contributed by atoms with van der Waals surface area (Å²) in [4.78, 5) is 12.3. The molecule has 0 saturated carbocycles. The van der Waals surface area contributed by atoms with E-state index in [1.54, 1.807) is 12.1 Å². The number of amides is 1. The van der Waals surface area contributed by atoms with Crippen molar-refractivity contribution in [2.24, 2.45) is 0 Å². The summed E-state index contributed by atoms with van der Waals surface area (Å²) in [5.41, 5.74) is 0.257. The van der Waals surface area contributed by atoms with Crippen molar-refractivity contribution >= 4 is 55.1 Å². The van der Waals surface area contributed by atoms with Gasteiger partial charge in [-0.3, -0.25) is 4.79 Å². The van der Waals surface area contributed by atoms with Gasteiger partial charge < -0.3 is 10.1 Å². The van der Waals surface area contributed by atoms with Crippen molar-refractivity contribution in [1.29, 1.82) is 0 Å². The van der Waals surface area contributed by atoms with Crippen molar-refractivity contribution in [1.82, 2.24) is 0 Å². The van der Waals surface area contributed by atoms with Crippen LogP contribution in [-0.4, -0.2) is 13.0 Å². The number of halogens is 4. The summed E-state index contributed by atoms with van der Waals surface area (Å²) in [6.45, 7) is 0. The monoisotopic (exact) mass is 435 g/mol. The van der Waals surface area contributed by atoms with E-state index in [1.807, 2.05) is 0 Å². The van der Waals surface area contributed by atoms with Gasteiger partial charge in [0.2, 0.25) is 0 Å². The van der Waals surface area contributed by atoms with E-state index < -0.39 is 11.7 Å². The number of rotatable bonds is 3. The van der Waals surface area contributed by atoms with Gasteiger partial charge in [0.05, 0.1) is 22.8 Å². The predicted octanol–water partition coefficient (Wildman–Crippen LogP) is 5.27. The minimum absolute atomic E-state index is 0.0874. The summed E-state index contributed by atoms with van der Waals surface area (Å²) in [6, 6.07) is 7.47. The molecule has 7 heteroatoms. The lowest BCUT2D eigenvalue weighted by Crippen LogP contribution is -2.15. The first-order valence-electron chi connectivity index (χ1n) is 5.72. The second-order valence-corrected chi connectivity index (χ2v) is 6.16. The number of hydrogen-bond acceptors (Lipinski definition) is 2. The van der Waals surface area contributed by atoms with Crippen LogP contribution in [0.1, 0.15) is 10.4 Å². The first-order valence-corrected chi connectivity index (χ1v) is 7.69. The Balaban J connectivity index is 2.41. The molecule has 0 heterocycles. The molecule has 2 aromatic carbocycles. The largest absolute Gasteiger partial charge is 0.493 e. The second kappa shape index (κ2) is 6.77. The van der Waals surface area contributed by atoms with E-state index in [0.717, 1.165) is 0 Å². The van der Waals surface area contributed by atoms with Gasteiger partial charge in [0.25, 0.3) is 5.91 Å². The predicted molar refractivity (Wildman–Crippen MR) is 87.8 cm³/mol. The van der Waals surface area contributed by atoms with Gasteiger partial charge in [0, 0.05) is 9.50 Å². The molecule has 0 aliphatic carbocycles. The van der Waals surface area contributed by atoms with E-state index in [0.29, 0.717) is 25.4 Å². The quantitative estimate of drug-likeness (QED) is 0.711. The van der Waals surface area contributed by atoms with Crippen molar-refractivity contribution in [2.45, 2.75) is 0 Å². The highest BCUT2D eigenvalue weighted by Gasteiger charge is 2.18. The van der Waals surface area contributed by atoms with Crippen molar-refractivity contribution in [3.8, 4) is 5.75 Å². The number of benzene rings is 2. The van der Waals surface area contributed by atoms with Crippen LogP contribution >= 0.6 is 43.5 Å².